The molecule has 0 atom stereocenters. The number of hydrogen-bond donors (Lipinski definition) is 2. The van der Waals surface area contributed by atoms with E-state index in [0.717, 1.165) is 16.5 Å². The molecule has 1 heterocycles. The maximum atomic E-state index is 12.8. The minimum absolute atomic E-state index is 0.0145. The van der Waals surface area contributed by atoms with E-state index in [-0.39, 0.29) is 35.7 Å². The van der Waals surface area contributed by atoms with Gasteiger partial charge in [-0.05, 0) is 36.6 Å². The summed E-state index contributed by atoms with van der Waals surface area (Å²) in [6, 6.07) is 9.17. The molecule has 0 unspecified atom stereocenters. The first-order valence-corrected chi connectivity index (χ1v) is 9.27. The molecule has 0 spiro atoms. The van der Waals surface area contributed by atoms with Crippen molar-refractivity contribution >= 4 is 23.5 Å². The van der Waals surface area contributed by atoms with Crippen LogP contribution in [0, 0.1) is 15.9 Å². The van der Waals surface area contributed by atoms with E-state index < -0.39 is 22.8 Å². The average Bonchev–Trinajstić information content (AvgIpc) is 2.96. The van der Waals surface area contributed by atoms with Gasteiger partial charge in [0.05, 0.1) is 16.1 Å². The number of hydrogen-bond acceptors (Lipinski definition) is 5. The van der Waals surface area contributed by atoms with Crippen LogP contribution in [0.3, 0.4) is 0 Å². The summed E-state index contributed by atoms with van der Waals surface area (Å²) in [6.07, 6.45) is 0.883. The second-order valence-corrected chi connectivity index (χ2v) is 6.66. The molecule has 0 aromatic heterocycles. The van der Waals surface area contributed by atoms with Gasteiger partial charge < -0.3 is 10.6 Å². The number of halogens is 1. The summed E-state index contributed by atoms with van der Waals surface area (Å²) in [5.41, 5.74) is 0.788. The molecule has 3 rings (SSSR count). The lowest BCUT2D eigenvalue weighted by Crippen LogP contribution is -2.38. The van der Waals surface area contributed by atoms with E-state index in [4.69, 9.17) is 0 Å². The molecule has 1 aliphatic heterocycles. The molecule has 0 saturated heterocycles. The van der Waals surface area contributed by atoms with Crippen LogP contribution in [0.2, 0.25) is 0 Å². The van der Waals surface area contributed by atoms with Crippen molar-refractivity contribution in [3.63, 3.8) is 0 Å². The summed E-state index contributed by atoms with van der Waals surface area (Å²) in [5, 5.41) is 16.1. The Kier molecular flexibility index (Phi) is 6.35. The second-order valence-electron chi connectivity index (χ2n) is 6.66. The fourth-order valence-corrected chi connectivity index (χ4v) is 3.07. The van der Waals surface area contributed by atoms with Crippen LogP contribution in [0.5, 0.6) is 0 Å². The lowest BCUT2D eigenvalue weighted by Gasteiger charge is -2.14. The molecular weight excluding hydrogens is 395 g/mol. The summed E-state index contributed by atoms with van der Waals surface area (Å²) >= 11 is 0. The zero-order valence-electron chi connectivity index (χ0n) is 15.9. The lowest BCUT2D eigenvalue weighted by atomic mass is 10.1. The number of rotatable bonds is 8. The van der Waals surface area contributed by atoms with E-state index in [1.54, 1.807) is 12.1 Å². The van der Waals surface area contributed by atoms with Crippen LogP contribution in [0.1, 0.15) is 32.7 Å². The highest BCUT2D eigenvalue weighted by atomic mass is 19.1. The van der Waals surface area contributed by atoms with Gasteiger partial charge in [-0.3, -0.25) is 24.6 Å². The third kappa shape index (κ3) is 4.77. The third-order valence-electron chi connectivity index (χ3n) is 4.62. The van der Waals surface area contributed by atoms with E-state index in [9.17, 15) is 28.9 Å². The third-order valence-corrected chi connectivity index (χ3v) is 4.62. The van der Waals surface area contributed by atoms with Crippen LogP contribution in [-0.2, 0) is 6.42 Å². The van der Waals surface area contributed by atoms with Crippen molar-refractivity contribution < 1.29 is 23.7 Å². The predicted molar refractivity (Wildman–Crippen MR) is 105 cm³/mol. The standard InChI is InChI=1S/C20H19FN4O5/c21-14-4-2-13(3-5-14)8-10-23-20(28)22-9-1-11-24-18(26)16-7-6-15(25(29)30)12-17(16)19(24)27/h2-7,12H,1,8-11H2,(H2,22,23,28). The Morgan fingerprint density at radius 1 is 1.00 bits per heavy atom. The molecule has 4 amide bonds. The van der Waals surface area contributed by atoms with Gasteiger partial charge in [0, 0.05) is 31.8 Å². The van der Waals surface area contributed by atoms with Crippen molar-refractivity contribution in [3.05, 3.63) is 75.1 Å². The number of benzene rings is 2. The van der Waals surface area contributed by atoms with E-state index in [0.29, 0.717) is 19.4 Å². The number of non-ortho nitro benzene ring substituents is 1. The molecule has 0 fully saturated rings. The monoisotopic (exact) mass is 414 g/mol. The number of nitrogens with zero attached hydrogens (tertiary/aromatic N) is 2. The first-order chi connectivity index (χ1) is 14.4. The SMILES string of the molecule is O=C(NCCCN1C(=O)c2ccc([N+](=O)[O-])cc2C1=O)NCCc1ccc(F)cc1. The Morgan fingerprint density at radius 3 is 2.37 bits per heavy atom. The van der Waals surface area contributed by atoms with Crippen LogP contribution in [-0.4, -0.2) is 47.3 Å². The summed E-state index contributed by atoms with van der Waals surface area (Å²) < 4.78 is 12.8. The van der Waals surface area contributed by atoms with Gasteiger partial charge >= 0.3 is 6.03 Å². The molecule has 0 aliphatic carbocycles. The van der Waals surface area contributed by atoms with E-state index >= 15 is 0 Å². The summed E-state index contributed by atoms with van der Waals surface area (Å²) in [4.78, 5) is 47.7. The molecule has 30 heavy (non-hydrogen) atoms. The Hall–Kier alpha value is -3.82. The molecule has 9 nitrogen and oxygen atoms in total. The van der Waals surface area contributed by atoms with Gasteiger partial charge in [0.15, 0.2) is 0 Å². The number of nitro groups is 1. The maximum Gasteiger partial charge on any atom is 0.314 e. The molecule has 2 aromatic carbocycles. The van der Waals surface area contributed by atoms with Crippen molar-refractivity contribution in [1.29, 1.82) is 0 Å². The number of amides is 4. The van der Waals surface area contributed by atoms with Crippen LogP contribution in [0.4, 0.5) is 14.9 Å². The number of nitrogens with one attached hydrogen (secondary N) is 2. The number of carbonyl (C=O) groups is 3. The quantitative estimate of drug-likeness (QED) is 0.297. The van der Waals surface area contributed by atoms with Gasteiger partial charge in [0.1, 0.15) is 5.82 Å². The fourth-order valence-electron chi connectivity index (χ4n) is 3.07. The molecule has 1 aliphatic rings. The molecule has 10 heteroatoms. The summed E-state index contributed by atoms with van der Waals surface area (Å²) in [7, 11) is 0. The van der Waals surface area contributed by atoms with E-state index in [1.165, 1.54) is 24.3 Å². The Morgan fingerprint density at radius 2 is 1.67 bits per heavy atom. The molecule has 156 valence electrons. The predicted octanol–water partition coefficient (Wildman–Crippen LogP) is 2.26. The lowest BCUT2D eigenvalue weighted by molar-refractivity contribution is -0.384. The van der Waals surface area contributed by atoms with Crippen LogP contribution in [0.25, 0.3) is 0 Å². The fraction of sp³-hybridized carbons (Fsp3) is 0.250. The highest BCUT2D eigenvalue weighted by Gasteiger charge is 2.36. The van der Waals surface area contributed by atoms with E-state index in [2.05, 4.69) is 10.6 Å². The van der Waals surface area contributed by atoms with Gasteiger partial charge in [0.2, 0.25) is 0 Å². The summed E-state index contributed by atoms with van der Waals surface area (Å²) in [5.74, 6) is -1.41. The van der Waals surface area contributed by atoms with Gasteiger partial charge in [-0.25, -0.2) is 9.18 Å². The zero-order valence-corrected chi connectivity index (χ0v) is 15.9. The summed E-state index contributed by atoms with van der Waals surface area (Å²) in [6.45, 7) is 0.681. The minimum Gasteiger partial charge on any atom is -0.338 e. The molecule has 0 saturated carbocycles. The second kappa shape index (κ2) is 9.12. The Bertz CT molecular complexity index is 993. The number of urea groups is 1. The van der Waals surface area contributed by atoms with Crippen LogP contribution >= 0.6 is 0 Å². The normalized spacial score (nSPS) is 12.6. The molecule has 0 bridgehead atoms. The molecule has 2 N–H and O–H groups in total. The van der Waals surface area contributed by atoms with Gasteiger partial charge in [0.25, 0.3) is 17.5 Å². The largest absolute Gasteiger partial charge is 0.338 e. The first-order valence-electron chi connectivity index (χ1n) is 9.27. The average molecular weight is 414 g/mol. The van der Waals surface area contributed by atoms with Crippen molar-refractivity contribution in [1.82, 2.24) is 15.5 Å². The highest BCUT2D eigenvalue weighted by molar-refractivity contribution is 6.21. The van der Waals surface area contributed by atoms with Crippen molar-refractivity contribution in [2.75, 3.05) is 19.6 Å². The molecule has 0 radical (unpaired) electrons. The molecular formula is C20H19FN4O5. The first kappa shape index (κ1) is 20.9. The number of carbonyl (C=O) groups excluding carboxylic acids is 3. The Balaban J connectivity index is 1.40. The van der Waals surface area contributed by atoms with Crippen LogP contribution in [0.15, 0.2) is 42.5 Å². The number of nitro benzene ring substituents is 1. The van der Waals surface area contributed by atoms with Crippen molar-refractivity contribution in [2.24, 2.45) is 0 Å². The maximum absolute atomic E-state index is 12.8. The van der Waals surface area contributed by atoms with Gasteiger partial charge in [-0.15, -0.1) is 0 Å². The smallest absolute Gasteiger partial charge is 0.314 e. The van der Waals surface area contributed by atoms with Crippen molar-refractivity contribution in [2.45, 2.75) is 12.8 Å². The topological polar surface area (TPSA) is 122 Å². The van der Waals surface area contributed by atoms with Gasteiger partial charge in [-0.1, -0.05) is 12.1 Å². The van der Waals surface area contributed by atoms with E-state index in [1.807, 2.05) is 0 Å². The Labute approximate surface area is 171 Å². The minimum atomic E-state index is -0.626. The number of imide groups is 1. The number of fused-ring (bicyclic) bond motifs is 1. The van der Waals surface area contributed by atoms with Crippen molar-refractivity contribution in [3.8, 4) is 0 Å². The molecule has 2 aromatic rings. The highest BCUT2D eigenvalue weighted by Crippen LogP contribution is 2.26. The zero-order chi connectivity index (χ0) is 21.7. The van der Waals surface area contributed by atoms with Crippen LogP contribution < -0.4 is 10.6 Å². The van der Waals surface area contributed by atoms with Gasteiger partial charge in [-0.2, -0.15) is 0 Å².